The van der Waals surface area contributed by atoms with Crippen molar-refractivity contribution in [1.82, 2.24) is 4.67 Å². The summed E-state index contributed by atoms with van der Waals surface area (Å²) in [6, 6.07) is 0. The topological polar surface area (TPSA) is 12.5 Å². The van der Waals surface area contributed by atoms with E-state index >= 15 is 0 Å². The molecule has 1 saturated heterocycles. The second-order valence-corrected chi connectivity index (χ2v) is 3.51. The van der Waals surface area contributed by atoms with E-state index in [-0.39, 0.29) is 0 Å². The van der Waals surface area contributed by atoms with E-state index in [4.69, 9.17) is 4.52 Å². The van der Waals surface area contributed by atoms with Crippen molar-refractivity contribution in [3.05, 3.63) is 12.7 Å². The van der Waals surface area contributed by atoms with Crippen LogP contribution in [0.25, 0.3) is 0 Å². The molecule has 1 fully saturated rings. The molecule has 1 aliphatic heterocycles. The third-order valence-corrected chi connectivity index (χ3v) is 2.15. The highest BCUT2D eigenvalue weighted by molar-refractivity contribution is 7.29. The van der Waals surface area contributed by atoms with Crippen LogP contribution in [0.2, 0.25) is 0 Å². The molecule has 2 nitrogen and oxygen atoms in total. The monoisotopic (exact) mass is 145 g/mol. The molecule has 0 bridgehead atoms. The van der Waals surface area contributed by atoms with E-state index < -0.39 is 0 Å². The Hall–Kier alpha value is 0.0900. The molecule has 0 aliphatic carbocycles. The summed E-state index contributed by atoms with van der Waals surface area (Å²) < 4.78 is 7.44. The van der Waals surface area contributed by atoms with Crippen LogP contribution < -0.4 is 0 Å². The summed E-state index contributed by atoms with van der Waals surface area (Å²) in [6.45, 7) is 5.67. The molecule has 0 saturated carbocycles. The smallest absolute Gasteiger partial charge is 0.0886 e. The van der Waals surface area contributed by atoms with E-state index in [9.17, 15) is 0 Å². The van der Waals surface area contributed by atoms with Crippen molar-refractivity contribution in [2.45, 2.75) is 0 Å². The maximum absolute atomic E-state index is 5.27. The van der Waals surface area contributed by atoms with Crippen LogP contribution in [0.15, 0.2) is 12.7 Å². The van der Waals surface area contributed by atoms with E-state index in [0.29, 0.717) is 14.9 Å². The van der Waals surface area contributed by atoms with Gasteiger partial charge in [-0.15, -0.1) is 6.58 Å². The fourth-order valence-electron chi connectivity index (χ4n) is 0.839. The van der Waals surface area contributed by atoms with Crippen molar-refractivity contribution in [2.24, 2.45) is 5.92 Å². The van der Waals surface area contributed by atoms with Gasteiger partial charge in [0.2, 0.25) is 0 Å². The van der Waals surface area contributed by atoms with Gasteiger partial charge in [0.25, 0.3) is 0 Å². The standard InChI is InChI=1S/C6H12NOP/c1-3-6-4-7(2)9-8-5-6/h3,6,9H,1,4-5H2,2H3. The lowest BCUT2D eigenvalue weighted by molar-refractivity contribution is 0.231. The maximum Gasteiger partial charge on any atom is 0.0886 e. The van der Waals surface area contributed by atoms with Crippen LogP contribution in [0.1, 0.15) is 0 Å². The minimum Gasteiger partial charge on any atom is -0.346 e. The second-order valence-electron chi connectivity index (χ2n) is 2.28. The van der Waals surface area contributed by atoms with Gasteiger partial charge in [-0.2, -0.15) is 0 Å². The predicted molar refractivity (Wildman–Crippen MR) is 40.6 cm³/mol. The molecule has 9 heavy (non-hydrogen) atoms. The molecule has 0 spiro atoms. The molecule has 0 aromatic heterocycles. The molecule has 0 amide bonds. The third-order valence-electron chi connectivity index (χ3n) is 1.36. The molecule has 1 aliphatic rings. The van der Waals surface area contributed by atoms with Crippen LogP contribution >= 0.6 is 8.96 Å². The van der Waals surface area contributed by atoms with Crippen molar-refractivity contribution >= 4 is 8.96 Å². The SMILES string of the molecule is C=CC1COPN(C)C1. The zero-order chi connectivity index (χ0) is 6.69. The summed E-state index contributed by atoms with van der Waals surface area (Å²) in [5, 5.41) is 0. The van der Waals surface area contributed by atoms with Crippen molar-refractivity contribution < 1.29 is 4.52 Å². The van der Waals surface area contributed by atoms with Crippen LogP contribution in [-0.4, -0.2) is 24.9 Å². The first-order chi connectivity index (χ1) is 4.33. The van der Waals surface area contributed by atoms with E-state index in [0.717, 1.165) is 13.2 Å². The van der Waals surface area contributed by atoms with Crippen molar-refractivity contribution in [2.75, 3.05) is 20.2 Å². The quantitative estimate of drug-likeness (QED) is 0.407. The number of hydrogen-bond donors (Lipinski definition) is 0. The second kappa shape index (κ2) is 3.31. The molecule has 0 aromatic carbocycles. The Bertz CT molecular complexity index is 107. The van der Waals surface area contributed by atoms with Crippen molar-refractivity contribution in [3.8, 4) is 0 Å². The lowest BCUT2D eigenvalue weighted by Gasteiger charge is -2.26. The minimum atomic E-state index is 0.538. The van der Waals surface area contributed by atoms with Crippen LogP contribution in [0.5, 0.6) is 0 Å². The summed E-state index contributed by atoms with van der Waals surface area (Å²) in [5.41, 5.74) is 0. The van der Waals surface area contributed by atoms with E-state index in [2.05, 4.69) is 18.3 Å². The predicted octanol–water partition coefficient (Wildman–Crippen LogP) is 1.26. The first-order valence-corrected chi connectivity index (χ1v) is 3.89. The molecule has 0 radical (unpaired) electrons. The zero-order valence-corrected chi connectivity index (χ0v) is 6.63. The summed E-state index contributed by atoms with van der Waals surface area (Å²) in [6.07, 6.45) is 1.96. The van der Waals surface area contributed by atoms with E-state index in [1.165, 1.54) is 0 Å². The van der Waals surface area contributed by atoms with Gasteiger partial charge < -0.3 is 4.52 Å². The van der Waals surface area contributed by atoms with Crippen LogP contribution in [0, 0.1) is 5.92 Å². The normalized spacial score (nSPS) is 32.8. The molecule has 52 valence electrons. The molecule has 3 heteroatoms. The van der Waals surface area contributed by atoms with Crippen molar-refractivity contribution in [1.29, 1.82) is 0 Å². The van der Waals surface area contributed by atoms with Crippen molar-refractivity contribution in [3.63, 3.8) is 0 Å². The maximum atomic E-state index is 5.27. The molecular weight excluding hydrogens is 133 g/mol. The van der Waals surface area contributed by atoms with E-state index in [1.807, 2.05) is 6.08 Å². The van der Waals surface area contributed by atoms with E-state index in [1.54, 1.807) is 0 Å². The van der Waals surface area contributed by atoms with Gasteiger partial charge >= 0.3 is 0 Å². The molecule has 0 aromatic rings. The first kappa shape index (κ1) is 7.20. The molecule has 0 N–H and O–H groups in total. The van der Waals surface area contributed by atoms with Crippen LogP contribution in [0.3, 0.4) is 0 Å². The van der Waals surface area contributed by atoms with Gasteiger partial charge in [0.1, 0.15) is 0 Å². The van der Waals surface area contributed by atoms with Crippen LogP contribution in [-0.2, 0) is 4.52 Å². The summed E-state index contributed by atoms with van der Waals surface area (Å²) >= 11 is 0. The first-order valence-electron chi connectivity index (χ1n) is 3.04. The number of nitrogens with zero attached hydrogens (tertiary/aromatic N) is 1. The Morgan fingerprint density at radius 3 is 3.11 bits per heavy atom. The van der Waals surface area contributed by atoms with Gasteiger partial charge in [-0.25, -0.2) is 0 Å². The molecule has 1 heterocycles. The highest BCUT2D eigenvalue weighted by Gasteiger charge is 2.13. The highest BCUT2D eigenvalue weighted by atomic mass is 31.1. The Balaban J connectivity index is 2.31. The average molecular weight is 145 g/mol. The third kappa shape index (κ3) is 2.05. The number of rotatable bonds is 1. The van der Waals surface area contributed by atoms with Gasteiger partial charge in [0.05, 0.1) is 15.6 Å². The van der Waals surface area contributed by atoms with Gasteiger partial charge in [-0.1, -0.05) is 6.08 Å². The minimum absolute atomic E-state index is 0.538. The molecule has 2 unspecified atom stereocenters. The fraction of sp³-hybridized carbons (Fsp3) is 0.667. The number of hydrogen-bond acceptors (Lipinski definition) is 2. The average Bonchev–Trinajstić information content (AvgIpc) is 1.88. The Morgan fingerprint density at radius 2 is 2.67 bits per heavy atom. The lowest BCUT2D eigenvalue weighted by Crippen LogP contribution is -2.25. The van der Waals surface area contributed by atoms with Gasteiger partial charge in [0, 0.05) is 12.5 Å². The highest BCUT2D eigenvalue weighted by Crippen LogP contribution is 2.25. The molecule has 2 atom stereocenters. The Morgan fingerprint density at radius 1 is 1.89 bits per heavy atom. The van der Waals surface area contributed by atoms with Gasteiger partial charge in [0.15, 0.2) is 0 Å². The zero-order valence-electron chi connectivity index (χ0n) is 5.63. The lowest BCUT2D eigenvalue weighted by atomic mass is 10.1. The molecular formula is C6H12NOP. The Labute approximate surface area is 57.8 Å². The Kier molecular flexibility index (Phi) is 2.65. The fourth-order valence-corrected chi connectivity index (χ4v) is 1.66. The summed E-state index contributed by atoms with van der Waals surface area (Å²) in [5.74, 6) is 0.538. The largest absolute Gasteiger partial charge is 0.346 e. The van der Waals surface area contributed by atoms with Gasteiger partial charge in [-0.05, 0) is 7.05 Å². The molecule has 1 rings (SSSR count). The van der Waals surface area contributed by atoms with Crippen LogP contribution in [0.4, 0.5) is 0 Å². The summed E-state index contributed by atoms with van der Waals surface area (Å²) in [7, 11) is 2.61. The van der Waals surface area contributed by atoms with Gasteiger partial charge in [-0.3, -0.25) is 4.67 Å². The summed E-state index contributed by atoms with van der Waals surface area (Å²) in [4.78, 5) is 0.